The van der Waals surface area contributed by atoms with E-state index in [1.807, 2.05) is 6.92 Å². The van der Waals surface area contributed by atoms with Gasteiger partial charge in [0.05, 0.1) is 11.8 Å². The molecule has 0 amide bonds. The van der Waals surface area contributed by atoms with Gasteiger partial charge >= 0.3 is 0 Å². The molecule has 1 heterocycles. The molecule has 2 aromatic rings. The number of hydrogen-bond donors (Lipinski definition) is 1. The van der Waals surface area contributed by atoms with Crippen LogP contribution in [0.1, 0.15) is 29.8 Å². The third-order valence-electron chi connectivity index (χ3n) is 3.09. The van der Waals surface area contributed by atoms with Crippen molar-refractivity contribution in [2.24, 2.45) is 7.05 Å². The largest absolute Gasteiger partial charge is 0.388 e. The van der Waals surface area contributed by atoms with Gasteiger partial charge in [-0.2, -0.15) is 5.10 Å². The lowest BCUT2D eigenvalue weighted by Gasteiger charge is -2.12. The Balaban J connectivity index is 2.28. The molecule has 1 aromatic heterocycles. The number of halogens is 2. The van der Waals surface area contributed by atoms with Crippen molar-refractivity contribution in [3.8, 4) is 0 Å². The maximum Gasteiger partial charge on any atom is 0.127 e. The Morgan fingerprint density at radius 1 is 1.47 bits per heavy atom. The van der Waals surface area contributed by atoms with Gasteiger partial charge in [-0.05, 0) is 18.6 Å². The van der Waals surface area contributed by atoms with E-state index in [-0.39, 0.29) is 6.42 Å². The molecule has 19 heavy (non-hydrogen) atoms. The molecule has 0 fully saturated rings. The number of aliphatic hydroxyl groups is 1. The molecule has 1 unspecified atom stereocenters. The number of aliphatic hydroxyl groups excluding tert-OH is 1. The van der Waals surface area contributed by atoms with Gasteiger partial charge in [-0.25, -0.2) is 4.39 Å². The number of nitrogens with zero attached hydrogens (tertiary/aromatic N) is 2. The molecule has 0 saturated carbocycles. The molecule has 1 aromatic carbocycles. The highest BCUT2D eigenvalue weighted by Gasteiger charge is 2.18. The predicted molar refractivity (Wildman–Crippen MR) is 72.7 cm³/mol. The number of rotatable bonds is 4. The third-order valence-corrected chi connectivity index (χ3v) is 3.44. The summed E-state index contributed by atoms with van der Waals surface area (Å²) in [5.74, 6) is -0.395. The van der Waals surface area contributed by atoms with E-state index in [2.05, 4.69) is 5.10 Å². The highest BCUT2D eigenvalue weighted by atomic mass is 35.5. The third kappa shape index (κ3) is 2.96. The van der Waals surface area contributed by atoms with Crippen LogP contribution < -0.4 is 0 Å². The van der Waals surface area contributed by atoms with Crippen LogP contribution >= 0.6 is 11.6 Å². The van der Waals surface area contributed by atoms with Crippen molar-refractivity contribution in [3.63, 3.8) is 0 Å². The molecule has 0 aliphatic rings. The summed E-state index contributed by atoms with van der Waals surface area (Å²) in [6, 6.07) is 4.52. The monoisotopic (exact) mass is 282 g/mol. The normalized spacial score (nSPS) is 12.7. The van der Waals surface area contributed by atoms with Crippen molar-refractivity contribution in [3.05, 3.63) is 52.1 Å². The molecule has 0 aliphatic carbocycles. The summed E-state index contributed by atoms with van der Waals surface area (Å²) in [4.78, 5) is 0. The van der Waals surface area contributed by atoms with Crippen LogP contribution in [-0.2, 0) is 19.9 Å². The van der Waals surface area contributed by atoms with E-state index in [0.29, 0.717) is 10.6 Å². The SMILES string of the molecule is CCc1nn(C)cc1C(O)Cc1c(F)cccc1Cl. The standard InChI is InChI=1S/C14H16ClFN2O/c1-3-13-10(8-18(2)17-13)14(19)7-9-11(15)5-4-6-12(9)16/h4-6,8,14,19H,3,7H2,1-2H3. The zero-order valence-corrected chi connectivity index (χ0v) is 11.7. The van der Waals surface area contributed by atoms with Crippen LogP contribution in [0.2, 0.25) is 5.02 Å². The van der Waals surface area contributed by atoms with Crippen molar-refractivity contribution in [1.29, 1.82) is 0 Å². The first-order chi connectivity index (χ1) is 9.02. The number of aromatic nitrogens is 2. The molecule has 0 radical (unpaired) electrons. The second-order valence-corrected chi connectivity index (χ2v) is 4.89. The lowest BCUT2D eigenvalue weighted by atomic mass is 10.0. The molecule has 0 bridgehead atoms. The summed E-state index contributed by atoms with van der Waals surface area (Å²) < 4.78 is 15.4. The maximum absolute atomic E-state index is 13.7. The molecule has 102 valence electrons. The second-order valence-electron chi connectivity index (χ2n) is 4.48. The van der Waals surface area contributed by atoms with Gasteiger partial charge in [0.25, 0.3) is 0 Å². The molecule has 1 N–H and O–H groups in total. The molecule has 3 nitrogen and oxygen atoms in total. The van der Waals surface area contributed by atoms with Gasteiger partial charge in [0, 0.05) is 35.8 Å². The highest BCUT2D eigenvalue weighted by Crippen LogP contribution is 2.27. The van der Waals surface area contributed by atoms with Gasteiger partial charge in [-0.1, -0.05) is 24.6 Å². The predicted octanol–water partition coefficient (Wildman–Crippen LogP) is 3.05. The van der Waals surface area contributed by atoms with Crippen LogP contribution in [0.4, 0.5) is 4.39 Å². The van der Waals surface area contributed by atoms with E-state index in [0.717, 1.165) is 17.7 Å². The number of hydrogen-bond acceptors (Lipinski definition) is 2. The van der Waals surface area contributed by atoms with Crippen LogP contribution in [0.5, 0.6) is 0 Å². The summed E-state index contributed by atoms with van der Waals surface area (Å²) >= 11 is 5.97. The summed E-state index contributed by atoms with van der Waals surface area (Å²) in [6.07, 6.45) is 1.82. The van der Waals surface area contributed by atoms with E-state index in [1.165, 1.54) is 6.07 Å². The first-order valence-electron chi connectivity index (χ1n) is 6.16. The van der Waals surface area contributed by atoms with Crippen molar-refractivity contribution < 1.29 is 9.50 Å². The average Bonchev–Trinajstić information content (AvgIpc) is 2.75. The van der Waals surface area contributed by atoms with E-state index in [1.54, 1.807) is 30.1 Å². The molecule has 0 aliphatic heterocycles. The van der Waals surface area contributed by atoms with Crippen LogP contribution in [0.3, 0.4) is 0 Å². The number of benzene rings is 1. The minimum atomic E-state index is -0.807. The fourth-order valence-electron chi connectivity index (χ4n) is 2.14. The Bertz CT molecular complexity index is 563. The minimum absolute atomic E-state index is 0.143. The molecule has 0 spiro atoms. The van der Waals surface area contributed by atoms with Gasteiger partial charge < -0.3 is 5.11 Å². The fraction of sp³-hybridized carbons (Fsp3) is 0.357. The lowest BCUT2D eigenvalue weighted by Crippen LogP contribution is -2.05. The smallest absolute Gasteiger partial charge is 0.127 e. The van der Waals surface area contributed by atoms with Gasteiger partial charge in [0.2, 0.25) is 0 Å². The fourth-order valence-corrected chi connectivity index (χ4v) is 2.38. The van der Waals surface area contributed by atoms with Gasteiger partial charge in [0.15, 0.2) is 0 Å². The Labute approximate surface area is 116 Å². The molecule has 5 heteroatoms. The van der Waals surface area contributed by atoms with Crippen molar-refractivity contribution in [2.45, 2.75) is 25.9 Å². The topological polar surface area (TPSA) is 38.0 Å². The van der Waals surface area contributed by atoms with E-state index in [4.69, 9.17) is 11.6 Å². The van der Waals surface area contributed by atoms with Crippen molar-refractivity contribution >= 4 is 11.6 Å². The molecule has 1 atom stereocenters. The van der Waals surface area contributed by atoms with Crippen LogP contribution in [0.15, 0.2) is 24.4 Å². The van der Waals surface area contributed by atoms with Crippen LogP contribution in [0, 0.1) is 5.82 Å². The molecule has 0 saturated heterocycles. The first kappa shape index (κ1) is 14.0. The Morgan fingerprint density at radius 2 is 2.21 bits per heavy atom. The summed E-state index contributed by atoms with van der Waals surface area (Å²) in [6.45, 7) is 1.97. The zero-order chi connectivity index (χ0) is 14.0. The second kappa shape index (κ2) is 5.72. The van der Waals surface area contributed by atoms with E-state index in [9.17, 15) is 9.50 Å². The van der Waals surface area contributed by atoms with Gasteiger partial charge in [-0.15, -0.1) is 0 Å². The lowest BCUT2D eigenvalue weighted by molar-refractivity contribution is 0.176. The Kier molecular flexibility index (Phi) is 4.22. The van der Waals surface area contributed by atoms with Crippen molar-refractivity contribution in [1.82, 2.24) is 9.78 Å². The summed E-state index contributed by atoms with van der Waals surface area (Å²) in [5, 5.41) is 14.9. The van der Waals surface area contributed by atoms with E-state index >= 15 is 0 Å². The van der Waals surface area contributed by atoms with Crippen molar-refractivity contribution in [2.75, 3.05) is 0 Å². The van der Waals surface area contributed by atoms with Crippen LogP contribution in [0.25, 0.3) is 0 Å². The molecular formula is C14H16ClFN2O. The maximum atomic E-state index is 13.7. The summed E-state index contributed by atoms with van der Waals surface area (Å²) in [5.41, 5.74) is 1.88. The quantitative estimate of drug-likeness (QED) is 0.936. The zero-order valence-electron chi connectivity index (χ0n) is 10.9. The molecule has 2 rings (SSSR count). The van der Waals surface area contributed by atoms with E-state index < -0.39 is 11.9 Å². The van der Waals surface area contributed by atoms with Gasteiger partial charge in [0.1, 0.15) is 5.82 Å². The molecular weight excluding hydrogens is 267 g/mol. The minimum Gasteiger partial charge on any atom is -0.388 e. The Hall–Kier alpha value is -1.39. The van der Waals surface area contributed by atoms with Crippen LogP contribution in [-0.4, -0.2) is 14.9 Å². The van der Waals surface area contributed by atoms with Gasteiger partial charge in [-0.3, -0.25) is 4.68 Å². The first-order valence-corrected chi connectivity index (χ1v) is 6.54. The number of aryl methyl sites for hydroxylation is 2. The average molecular weight is 283 g/mol. The Morgan fingerprint density at radius 3 is 2.84 bits per heavy atom. The highest BCUT2D eigenvalue weighted by molar-refractivity contribution is 6.31. The summed E-state index contributed by atoms with van der Waals surface area (Å²) in [7, 11) is 1.80.